The van der Waals surface area contributed by atoms with Crippen molar-refractivity contribution in [1.82, 2.24) is 20.1 Å². The summed E-state index contributed by atoms with van der Waals surface area (Å²) in [6.07, 6.45) is 0. The van der Waals surface area contributed by atoms with E-state index < -0.39 is 10.0 Å². The normalized spacial score (nSPS) is 11.4. The fourth-order valence-electron chi connectivity index (χ4n) is 1.34. The first-order valence-electron chi connectivity index (χ1n) is 5.03. The molecule has 0 amide bonds. The van der Waals surface area contributed by atoms with E-state index in [1.165, 1.54) is 0 Å². The highest BCUT2D eigenvalue weighted by atomic mass is 32.2. The molecule has 0 aliphatic heterocycles. The lowest BCUT2D eigenvalue weighted by Crippen LogP contribution is -2.13. The Hall–Kier alpha value is -1.58. The number of nitrogens with one attached hydrogen (secondary N) is 2. The largest absolute Gasteiger partial charge is 0.316 e. The standard InChI is InChI=1S/C9H11N5O2S2/c1-10-6-7-2-4-8(5-3-7)18(15,16)12-9-11-13-14-17-9/h2-5,10H,6H2,1H3,(H,11,12,14). The molecule has 0 radical (unpaired) electrons. The van der Waals surface area contributed by atoms with Crippen molar-refractivity contribution < 1.29 is 8.42 Å². The van der Waals surface area contributed by atoms with Crippen LogP contribution in [-0.2, 0) is 16.6 Å². The van der Waals surface area contributed by atoms with Gasteiger partial charge in [-0.25, -0.2) is 8.42 Å². The Morgan fingerprint density at radius 2 is 2.00 bits per heavy atom. The average molecular weight is 285 g/mol. The first-order valence-corrected chi connectivity index (χ1v) is 7.29. The molecule has 0 fully saturated rings. The lowest BCUT2D eigenvalue weighted by Gasteiger charge is -2.05. The van der Waals surface area contributed by atoms with Crippen LogP contribution in [0.4, 0.5) is 5.13 Å². The molecule has 9 heteroatoms. The zero-order valence-electron chi connectivity index (χ0n) is 9.49. The summed E-state index contributed by atoms with van der Waals surface area (Å²) < 4.78 is 29.7. The summed E-state index contributed by atoms with van der Waals surface area (Å²) in [7, 11) is -1.79. The zero-order valence-corrected chi connectivity index (χ0v) is 11.1. The van der Waals surface area contributed by atoms with E-state index in [0.717, 1.165) is 17.1 Å². The Kier molecular flexibility index (Phi) is 3.84. The Bertz CT molecular complexity index is 594. The van der Waals surface area contributed by atoms with Crippen LogP contribution in [0, 0.1) is 0 Å². The Balaban J connectivity index is 2.19. The fraction of sp³-hybridized carbons (Fsp3) is 0.222. The topological polar surface area (TPSA) is 96.9 Å². The van der Waals surface area contributed by atoms with Crippen molar-refractivity contribution in [3.05, 3.63) is 29.8 Å². The molecule has 1 aromatic carbocycles. The predicted octanol–water partition coefficient (Wildman–Crippen LogP) is 0.453. The van der Waals surface area contributed by atoms with Crippen molar-refractivity contribution in [2.24, 2.45) is 0 Å². The van der Waals surface area contributed by atoms with Gasteiger partial charge in [0.05, 0.1) is 4.90 Å². The number of anilines is 1. The van der Waals surface area contributed by atoms with Gasteiger partial charge >= 0.3 is 0 Å². The summed E-state index contributed by atoms with van der Waals surface area (Å²) in [5.74, 6) is 0. The molecule has 2 aromatic rings. The second-order valence-electron chi connectivity index (χ2n) is 3.45. The summed E-state index contributed by atoms with van der Waals surface area (Å²) in [6, 6.07) is 6.60. The van der Waals surface area contributed by atoms with Crippen LogP contribution in [0.3, 0.4) is 0 Å². The molecule has 18 heavy (non-hydrogen) atoms. The van der Waals surface area contributed by atoms with Crippen molar-refractivity contribution in [2.75, 3.05) is 11.8 Å². The Morgan fingerprint density at radius 1 is 1.28 bits per heavy atom. The van der Waals surface area contributed by atoms with Gasteiger partial charge in [0.25, 0.3) is 10.0 Å². The number of aromatic nitrogens is 3. The van der Waals surface area contributed by atoms with Crippen molar-refractivity contribution >= 4 is 26.7 Å². The van der Waals surface area contributed by atoms with Gasteiger partial charge in [-0.3, -0.25) is 4.72 Å². The summed E-state index contributed by atoms with van der Waals surface area (Å²) in [4.78, 5) is 0.178. The van der Waals surface area contributed by atoms with Gasteiger partial charge in [-0.15, -0.1) is 0 Å². The number of sulfonamides is 1. The van der Waals surface area contributed by atoms with Crippen molar-refractivity contribution in [3.8, 4) is 0 Å². The van der Waals surface area contributed by atoms with Crippen molar-refractivity contribution in [2.45, 2.75) is 11.4 Å². The zero-order chi connectivity index (χ0) is 13.0. The van der Waals surface area contributed by atoms with Crippen LogP contribution in [0.15, 0.2) is 29.2 Å². The molecular weight excluding hydrogens is 274 g/mol. The third-order valence-corrected chi connectivity index (χ3v) is 4.13. The lowest BCUT2D eigenvalue weighted by molar-refractivity contribution is 0.601. The molecule has 0 atom stereocenters. The monoisotopic (exact) mass is 285 g/mol. The minimum atomic E-state index is -3.62. The number of rotatable bonds is 5. The SMILES string of the molecule is CNCc1ccc(S(=O)(=O)Nc2nnns2)cc1. The molecule has 7 nitrogen and oxygen atoms in total. The van der Waals surface area contributed by atoms with E-state index in [1.54, 1.807) is 24.3 Å². The molecule has 2 rings (SSSR count). The van der Waals surface area contributed by atoms with Crippen molar-refractivity contribution in [3.63, 3.8) is 0 Å². The molecule has 2 N–H and O–H groups in total. The third-order valence-electron chi connectivity index (χ3n) is 2.14. The molecule has 0 unspecified atom stereocenters. The van der Waals surface area contributed by atoms with Crippen LogP contribution in [0.1, 0.15) is 5.56 Å². The molecule has 96 valence electrons. The van der Waals surface area contributed by atoms with E-state index in [9.17, 15) is 8.42 Å². The maximum absolute atomic E-state index is 12.0. The Labute approximate surface area is 108 Å². The minimum absolute atomic E-state index is 0.148. The van der Waals surface area contributed by atoms with E-state index in [-0.39, 0.29) is 10.0 Å². The first-order chi connectivity index (χ1) is 8.62. The highest BCUT2D eigenvalue weighted by Crippen LogP contribution is 2.16. The summed E-state index contributed by atoms with van der Waals surface area (Å²) in [5, 5.41) is 9.99. The van der Waals surface area contributed by atoms with Crippen molar-refractivity contribution in [1.29, 1.82) is 0 Å². The van der Waals surface area contributed by atoms with E-state index in [0.29, 0.717) is 6.54 Å². The van der Waals surface area contributed by atoms with Gasteiger partial charge < -0.3 is 5.32 Å². The molecule has 0 saturated carbocycles. The molecule has 0 aliphatic carbocycles. The maximum atomic E-state index is 12.0. The molecule has 1 heterocycles. The number of benzene rings is 1. The quantitative estimate of drug-likeness (QED) is 0.828. The Morgan fingerprint density at radius 3 is 2.56 bits per heavy atom. The van der Waals surface area contributed by atoms with Crippen LogP contribution in [0.25, 0.3) is 0 Å². The predicted molar refractivity (Wildman–Crippen MR) is 67.7 cm³/mol. The van der Waals surface area contributed by atoms with E-state index in [1.807, 2.05) is 7.05 Å². The summed E-state index contributed by atoms with van der Waals surface area (Å²) in [5.41, 5.74) is 1.01. The molecule has 0 bridgehead atoms. The molecule has 0 aliphatic rings. The average Bonchev–Trinajstić information content (AvgIpc) is 2.82. The second-order valence-corrected chi connectivity index (χ2v) is 5.86. The van der Waals surface area contributed by atoms with Gasteiger partial charge in [-0.2, -0.15) is 0 Å². The van der Waals surface area contributed by atoms with E-state index >= 15 is 0 Å². The van der Waals surface area contributed by atoms with E-state index in [2.05, 4.69) is 24.8 Å². The summed E-state index contributed by atoms with van der Waals surface area (Å²) >= 11 is 0.883. The van der Waals surface area contributed by atoms with Gasteiger partial charge in [0.2, 0.25) is 5.13 Å². The van der Waals surface area contributed by atoms with Crippen LogP contribution >= 0.6 is 11.5 Å². The number of nitrogens with zero attached hydrogens (tertiary/aromatic N) is 3. The van der Waals surface area contributed by atoms with E-state index in [4.69, 9.17) is 0 Å². The van der Waals surface area contributed by atoms with Gasteiger partial charge in [0.1, 0.15) is 0 Å². The van der Waals surface area contributed by atoms with Gasteiger partial charge in [0, 0.05) is 18.1 Å². The smallest absolute Gasteiger partial charge is 0.263 e. The minimum Gasteiger partial charge on any atom is -0.316 e. The molecule has 0 spiro atoms. The number of hydrogen-bond donors (Lipinski definition) is 2. The van der Waals surface area contributed by atoms with Gasteiger partial charge in [-0.1, -0.05) is 21.7 Å². The van der Waals surface area contributed by atoms with Crippen LogP contribution < -0.4 is 10.0 Å². The highest BCUT2D eigenvalue weighted by molar-refractivity contribution is 7.93. The molecule has 0 saturated heterocycles. The third kappa shape index (κ3) is 3.00. The van der Waals surface area contributed by atoms with Crippen LogP contribution in [0.2, 0.25) is 0 Å². The number of hydrogen-bond acceptors (Lipinski definition) is 7. The lowest BCUT2D eigenvalue weighted by atomic mass is 10.2. The molecular formula is C9H11N5O2S2. The van der Waals surface area contributed by atoms with Gasteiger partial charge in [-0.05, 0) is 30.0 Å². The second kappa shape index (κ2) is 5.38. The highest BCUT2D eigenvalue weighted by Gasteiger charge is 2.15. The maximum Gasteiger partial charge on any atom is 0.263 e. The fourth-order valence-corrected chi connectivity index (χ4v) is 2.92. The van der Waals surface area contributed by atoms with Crippen LogP contribution in [-0.4, -0.2) is 30.3 Å². The van der Waals surface area contributed by atoms with Gasteiger partial charge in [0.15, 0.2) is 0 Å². The first kappa shape index (κ1) is 12.9. The van der Waals surface area contributed by atoms with Crippen LogP contribution in [0.5, 0.6) is 0 Å². The molecule has 1 aromatic heterocycles. The summed E-state index contributed by atoms with van der Waals surface area (Å²) in [6.45, 7) is 0.689.